The van der Waals surface area contributed by atoms with Gasteiger partial charge in [0.25, 0.3) is 5.22 Å². The molecule has 0 amide bonds. The summed E-state index contributed by atoms with van der Waals surface area (Å²) in [7, 11) is 1.93. The summed E-state index contributed by atoms with van der Waals surface area (Å²) in [5, 5.41) is 4.51. The fourth-order valence-electron chi connectivity index (χ4n) is 2.02. The number of aromatic nitrogens is 1. The molecule has 21 heavy (non-hydrogen) atoms. The normalized spacial score (nSPS) is 12.7. The molecule has 1 heterocycles. The highest BCUT2D eigenvalue weighted by Gasteiger charge is 2.11. The Kier molecular flexibility index (Phi) is 4.19. The number of para-hydroxylation sites is 2. The van der Waals surface area contributed by atoms with Gasteiger partial charge in [-0.2, -0.15) is 0 Å². The Labute approximate surface area is 132 Å². The topological polar surface area (TPSA) is 38.1 Å². The van der Waals surface area contributed by atoms with Crippen molar-refractivity contribution in [1.29, 1.82) is 0 Å². The molecule has 3 nitrogen and oxygen atoms in total. The number of hydrogen-bond donors (Lipinski definition) is 1. The third-order valence-electron chi connectivity index (χ3n) is 3.36. The number of fused-ring (bicyclic) bond motifs is 1. The Morgan fingerprint density at radius 2 is 2.05 bits per heavy atom. The maximum atomic E-state index is 6.36. The second kappa shape index (κ2) is 6.10. The van der Waals surface area contributed by atoms with Gasteiger partial charge in [-0.3, -0.25) is 0 Å². The Balaban J connectivity index is 1.87. The summed E-state index contributed by atoms with van der Waals surface area (Å²) >= 11 is 7.80. The van der Waals surface area contributed by atoms with E-state index in [-0.39, 0.29) is 6.04 Å². The van der Waals surface area contributed by atoms with Crippen LogP contribution in [0.1, 0.15) is 18.5 Å². The van der Waals surface area contributed by atoms with E-state index in [0.717, 1.165) is 21.6 Å². The Morgan fingerprint density at radius 1 is 1.24 bits per heavy atom. The first-order valence-electron chi connectivity index (χ1n) is 6.67. The molecule has 0 radical (unpaired) electrons. The van der Waals surface area contributed by atoms with E-state index < -0.39 is 0 Å². The molecule has 1 unspecified atom stereocenters. The predicted molar refractivity (Wildman–Crippen MR) is 87.1 cm³/mol. The number of nitrogens with zero attached hydrogens (tertiary/aromatic N) is 1. The molecule has 0 saturated heterocycles. The Morgan fingerprint density at radius 3 is 2.76 bits per heavy atom. The van der Waals surface area contributed by atoms with Crippen LogP contribution in [-0.2, 0) is 0 Å². The molecule has 1 aromatic heterocycles. The lowest BCUT2D eigenvalue weighted by molar-refractivity contribution is 0.489. The van der Waals surface area contributed by atoms with Crippen molar-refractivity contribution in [3.8, 4) is 0 Å². The van der Waals surface area contributed by atoms with Crippen molar-refractivity contribution in [2.75, 3.05) is 7.05 Å². The number of nitrogens with one attached hydrogen (secondary N) is 1. The summed E-state index contributed by atoms with van der Waals surface area (Å²) in [6.07, 6.45) is 0. The number of hydrogen-bond acceptors (Lipinski definition) is 4. The number of benzene rings is 2. The van der Waals surface area contributed by atoms with Crippen LogP contribution >= 0.6 is 23.4 Å². The predicted octanol–water partition coefficient (Wildman–Crippen LogP) is 4.91. The molecule has 5 heteroatoms. The average Bonchev–Trinajstić information content (AvgIpc) is 2.90. The quantitative estimate of drug-likeness (QED) is 0.741. The minimum absolute atomic E-state index is 0.269. The molecule has 3 rings (SSSR count). The van der Waals surface area contributed by atoms with Crippen LogP contribution in [0, 0.1) is 0 Å². The van der Waals surface area contributed by atoms with Crippen LogP contribution in [0.4, 0.5) is 0 Å². The first-order chi connectivity index (χ1) is 10.2. The largest absolute Gasteiger partial charge is 0.431 e. The third-order valence-corrected chi connectivity index (χ3v) is 4.71. The average molecular weight is 319 g/mol. The monoisotopic (exact) mass is 318 g/mol. The molecule has 3 aromatic rings. The molecule has 0 aliphatic heterocycles. The van der Waals surface area contributed by atoms with Crippen LogP contribution in [0.2, 0.25) is 5.02 Å². The van der Waals surface area contributed by atoms with Gasteiger partial charge >= 0.3 is 0 Å². The molecule has 1 N–H and O–H groups in total. The SMILES string of the molecule is CNC(C)c1ccc(Sc2nc3ccccc3o2)c(Cl)c1. The van der Waals surface area contributed by atoms with Crippen LogP contribution < -0.4 is 5.32 Å². The van der Waals surface area contributed by atoms with Crippen molar-refractivity contribution in [3.05, 3.63) is 53.1 Å². The zero-order chi connectivity index (χ0) is 14.8. The number of halogens is 1. The first kappa shape index (κ1) is 14.4. The number of oxazole rings is 1. The lowest BCUT2D eigenvalue weighted by Gasteiger charge is -2.11. The van der Waals surface area contributed by atoms with Gasteiger partial charge in [-0.25, -0.2) is 4.98 Å². The molecule has 0 aliphatic carbocycles. The molecular weight excluding hydrogens is 304 g/mol. The van der Waals surface area contributed by atoms with Gasteiger partial charge in [-0.15, -0.1) is 0 Å². The van der Waals surface area contributed by atoms with E-state index in [4.69, 9.17) is 16.0 Å². The molecule has 108 valence electrons. The van der Waals surface area contributed by atoms with Gasteiger partial charge in [-0.05, 0) is 55.6 Å². The van der Waals surface area contributed by atoms with Crippen molar-refractivity contribution in [3.63, 3.8) is 0 Å². The van der Waals surface area contributed by atoms with Crippen LogP contribution in [0.3, 0.4) is 0 Å². The standard InChI is InChI=1S/C16H15ClN2OS/c1-10(18-2)11-7-8-15(12(17)9-11)21-16-19-13-5-3-4-6-14(13)20-16/h3-10,18H,1-2H3. The highest BCUT2D eigenvalue weighted by Crippen LogP contribution is 2.35. The van der Waals surface area contributed by atoms with E-state index in [1.165, 1.54) is 11.8 Å². The maximum absolute atomic E-state index is 6.36. The van der Waals surface area contributed by atoms with Crippen LogP contribution in [-0.4, -0.2) is 12.0 Å². The van der Waals surface area contributed by atoms with E-state index in [1.807, 2.05) is 43.4 Å². The second-order valence-electron chi connectivity index (χ2n) is 4.75. The van der Waals surface area contributed by atoms with Gasteiger partial charge < -0.3 is 9.73 Å². The zero-order valence-electron chi connectivity index (χ0n) is 11.8. The first-order valence-corrected chi connectivity index (χ1v) is 7.87. The van der Waals surface area contributed by atoms with E-state index in [0.29, 0.717) is 10.2 Å². The summed E-state index contributed by atoms with van der Waals surface area (Å²) in [5.74, 6) is 0. The molecular formula is C16H15ClN2OS. The Hall–Kier alpha value is -1.49. The van der Waals surface area contributed by atoms with Crippen LogP contribution in [0.15, 0.2) is 57.0 Å². The molecule has 0 aliphatic rings. The number of rotatable bonds is 4. The minimum Gasteiger partial charge on any atom is -0.431 e. The minimum atomic E-state index is 0.269. The summed E-state index contributed by atoms with van der Waals surface area (Å²) < 4.78 is 5.71. The zero-order valence-corrected chi connectivity index (χ0v) is 13.3. The smallest absolute Gasteiger partial charge is 0.261 e. The van der Waals surface area contributed by atoms with E-state index in [2.05, 4.69) is 23.3 Å². The van der Waals surface area contributed by atoms with Gasteiger partial charge in [0.05, 0.1) is 5.02 Å². The van der Waals surface area contributed by atoms with Gasteiger partial charge in [0.2, 0.25) is 0 Å². The van der Waals surface area contributed by atoms with Gasteiger partial charge in [-0.1, -0.05) is 29.8 Å². The van der Waals surface area contributed by atoms with E-state index >= 15 is 0 Å². The van der Waals surface area contributed by atoms with Gasteiger partial charge in [0.1, 0.15) is 5.52 Å². The van der Waals surface area contributed by atoms with Gasteiger partial charge in [0.15, 0.2) is 5.58 Å². The van der Waals surface area contributed by atoms with Crippen molar-refractivity contribution in [1.82, 2.24) is 10.3 Å². The van der Waals surface area contributed by atoms with Gasteiger partial charge in [0, 0.05) is 10.9 Å². The molecule has 2 aromatic carbocycles. The van der Waals surface area contributed by atoms with E-state index in [9.17, 15) is 0 Å². The van der Waals surface area contributed by atoms with E-state index in [1.54, 1.807) is 0 Å². The molecule has 0 saturated carbocycles. The Bertz CT molecular complexity index is 739. The molecule has 0 bridgehead atoms. The van der Waals surface area contributed by atoms with Crippen LogP contribution in [0.5, 0.6) is 0 Å². The summed E-state index contributed by atoms with van der Waals surface area (Å²) in [6, 6.07) is 14.0. The third kappa shape index (κ3) is 3.07. The molecule has 1 atom stereocenters. The highest BCUT2D eigenvalue weighted by molar-refractivity contribution is 7.99. The maximum Gasteiger partial charge on any atom is 0.261 e. The molecule has 0 fully saturated rings. The summed E-state index contributed by atoms with van der Waals surface area (Å²) in [5.41, 5.74) is 2.80. The lowest BCUT2D eigenvalue weighted by Crippen LogP contribution is -2.12. The summed E-state index contributed by atoms with van der Waals surface area (Å²) in [6.45, 7) is 2.10. The lowest BCUT2D eigenvalue weighted by atomic mass is 10.1. The van der Waals surface area contributed by atoms with Crippen molar-refractivity contribution >= 4 is 34.5 Å². The second-order valence-corrected chi connectivity index (χ2v) is 6.15. The van der Waals surface area contributed by atoms with Crippen LogP contribution in [0.25, 0.3) is 11.1 Å². The highest BCUT2D eigenvalue weighted by atomic mass is 35.5. The molecule has 0 spiro atoms. The van der Waals surface area contributed by atoms with Crippen molar-refractivity contribution < 1.29 is 4.42 Å². The fraction of sp³-hybridized carbons (Fsp3) is 0.188. The van der Waals surface area contributed by atoms with Crippen molar-refractivity contribution in [2.24, 2.45) is 0 Å². The summed E-state index contributed by atoms with van der Waals surface area (Å²) in [4.78, 5) is 5.39. The van der Waals surface area contributed by atoms with Crippen molar-refractivity contribution in [2.45, 2.75) is 23.1 Å². The fourth-order valence-corrected chi connectivity index (χ4v) is 3.09.